The molecule has 12 nitrogen and oxygen atoms in total. The Bertz CT molecular complexity index is 1460. The van der Waals surface area contributed by atoms with Gasteiger partial charge in [-0.05, 0) is 36.4 Å². The molecule has 0 radical (unpaired) electrons. The minimum absolute atomic E-state index is 0.0467. The average molecular weight is 457 g/mol. The maximum absolute atomic E-state index is 11.3. The number of aromatic nitrogens is 4. The fourth-order valence-electron chi connectivity index (χ4n) is 2.81. The minimum Gasteiger partial charge on any atom is -0.504 e. The van der Waals surface area contributed by atoms with Crippen molar-refractivity contribution in [3.05, 3.63) is 42.7 Å². The second kappa shape index (κ2) is 7.79. The highest BCUT2D eigenvalue weighted by Gasteiger charge is 2.19. The molecule has 0 aliphatic carbocycles. The molecule has 0 spiro atoms. The van der Waals surface area contributed by atoms with Gasteiger partial charge >= 0.3 is 0 Å². The lowest BCUT2D eigenvalue weighted by Gasteiger charge is -2.13. The molecular formula is C19H15N5O7S. The number of hydrogen-bond donors (Lipinski definition) is 5. The Hall–Kier alpha value is -4.23. The Morgan fingerprint density at radius 1 is 0.812 bits per heavy atom. The van der Waals surface area contributed by atoms with Crippen LogP contribution >= 0.6 is 0 Å². The largest absolute Gasteiger partial charge is 0.504 e. The Labute approximate surface area is 180 Å². The van der Waals surface area contributed by atoms with E-state index < -0.39 is 21.6 Å². The number of nitrogens with zero attached hydrogens (tertiary/aromatic N) is 4. The SMILES string of the molecule is CS(=O)(=O)ONc1ncnc2nc(-c3ccc(O)c(O)c3)c(-c3ccc(O)c(O)c3)nc12. The zero-order chi connectivity index (χ0) is 23.0. The number of nitrogens with one attached hydrogen (secondary N) is 1. The van der Waals surface area contributed by atoms with E-state index >= 15 is 0 Å². The summed E-state index contributed by atoms with van der Waals surface area (Å²) in [4.78, 5) is 16.9. The van der Waals surface area contributed by atoms with Crippen LogP contribution in [0.15, 0.2) is 42.7 Å². The molecule has 164 valence electrons. The molecule has 0 aliphatic heterocycles. The van der Waals surface area contributed by atoms with Gasteiger partial charge in [-0.25, -0.2) is 25.4 Å². The van der Waals surface area contributed by atoms with Gasteiger partial charge in [0.25, 0.3) is 10.1 Å². The van der Waals surface area contributed by atoms with Crippen LogP contribution in [0.4, 0.5) is 5.82 Å². The van der Waals surface area contributed by atoms with E-state index in [4.69, 9.17) is 0 Å². The van der Waals surface area contributed by atoms with E-state index in [1.54, 1.807) is 0 Å². The van der Waals surface area contributed by atoms with Crippen molar-refractivity contribution < 1.29 is 33.1 Å². The lowest BCUT2D eigenvalue weighted by molar-refractivity contribution is 0.394. The van der Waals surface area contributed by atoms with E-state index in [1.807, 2.05) is 0 Å². The van der Waals surface area contributed by atoms with E-state index in [1.165, 1.54) is 36.4 Å². The second-order valence-electron chi connectivity index (χ2n) is 6.61. The second-order valence-corrected chi connectivity index (χ2v) is 8.19. The highest BCUT2D eigenvalue weighted by molar-refractivity contribution is 7.86. The van der Waals surface area contributed by atoms with Crippen LogP contribution in [0.3, 0.4) is 0 Å². The summed E-state index contributed by atoms with van der Waals surface area (Å²) in [5, 5.41) is 39.2. The standard InChI is InChI=1S/C19H15N5O7S/c1-32(29,30)31-24-19-17-18(20-8-21-19)23-16(10-3-5-12(26)14(28)7-10)15(22-17)9-2-4-11(25)13(27)6-9/h2-8,25-28H,1H3,(H,20,21,23,24). The third-order valence-corrected chi connectivity index (χ3v) is 4.64. The van der Waals surface area contributed by atoms with Crippen molar-refractivity contribution in [1.29, 1.82) is 0 Å². The molecule has 0 aliphatic rings. The fraction of sp³-hybridized carbons (Fsp3) is 0.0526. The first-order valence-corrected chi connectivity index (χ1v) is 10.7. The maximum atomic E-state index is 11.3. The van der Waals surface area contributed by atoms with Gasteiger partial charge in [0, 0.05) is 11.1 Å². The molecule has 32 heavy (non-hydrogen) atoms. The molecule has 0 amide bonds. The summed E-state index contributed by atoms with van der Waals surface area (Å²) in [7, 11) is -3.86. The molecule has 0 bridgehead atoms. The molecule has 0 saturated carbocycles. The van der Waals surface area contributed by atoms with Gasteiger partial charge in [-0.3, -0.25) is 0 Å². The van der Waals surface area contributed by atoms with Crippen LogP contribution in [0.25, 0.3) is 33.7 Å². The normalized spacial score (nSPS) is 11.5. The van der Waals surface area contributed by atoms with Gasteiger partial charge in [0.1, 0.15) is 6.33 Å². The van der Waals surface area contributed by atoms with Crippen molar-refractivity contribution in [3.63, 3.8) is 0 Å². The van der Waals surface area contributed by atoms with E-state index in [9.17, 15) is 28.8 Å². The summed E-state index contributed by atoms with van der Waals surface area (Å²) in [5.74, 6) is -1.57. The van der Waals surface area contributed by atoms with E-state index in [0.717, 1.165) is 12.6 Å². The molecule has 4 aromatic rings. The maximum Gasteiger partial charge on any atom is 0.285 e. The van der Waals surface area contributed by atoms with Crippen LogP contribution in [-0.2, 0) is 14.4 Å². The smallest absolute Gasteiger partial charge is 0.285 e. The number of benzene rings is 2. The number of rotatable bonds is 5. The van der Waals surface area contributed by atoms with Crippen molar-refractivity contribution in [3.8, 4) is 45.5 Å². The monoisotopic (exact) mass is 457 g/mol. The summed E-state index contributed by atoms with van der Waals surface area (Å²) in [6, 6.07) is 7.99. The van der Waals surface area contributed by atoms with Gasteiger partial charge in [-0.15, -0.1) is 4.28 Å². The van der Waals surface area contributed by atoms with Crippen molar-refractivity contribution >= 4 is 27.1 Å². The summed E-state index contributed by atoms with van der Waals surface area (Å²) >= 11 is 0. The van der Waals surface area contributed by atoms with Crippen LogP contribution in [0, 0.1) is 0 Å². The van der Waals surface area contributed by atoms with Crippen molar-refractivity contribution in [2.24, 2.45) is 0 Å². The number of anilines is 1. The predicted molar refractivity (Wildman–Crippen MR) is 112 cm³/mol. The van der Waals surface area contributed by atoms with Crippen LogP contribution in [0.5, 0.6) is 23.0 Å². The number of phenols is 4. The van der Waals surface area contributed by atoms with Crippen molar-refractivity contribution in [2.75, 3.05) is 11.7 Å². The Kier molecular flexibility index (Phi) is 5.12. The van der Waals surface area contributed by atoms with Crippen molar-refractivity contribution in [1.82, 2.24) is 19.9 Å². The van der Waals surface area contributed by atoms with Gasteiger partial charge in [0.05, 0.1) is 17.6 Å². The number of aromatic hydroxyl groups is 4. The molecule has 0 saturated heterocycles. The molecule has 4 rings (SSSR count). The molecule has 2 heterocycles. The summed E-state index contributed by atoms with van der Waals surface area (Å²) in [5.41, 5.74) is 3.39. The van der Waals surface area contributed by atoms with Crippen LogP contribution < -0.4 is 5.48 Å². The first kappa shape index (κ1) is 21.0. The third kappa shape index (κ3) is 4.14. The Balaban J connectivity index is 1.98. The van der Waals surface area contributed by atoms with Crippen molar-refractivity contribution in [2.45, 2.75) is 0 Å². The fourth-order valence-corrected chi connectivity index (χ4v) is 3.04. The first-order chi connectivity index (χ1) is 15.1. The van der Waals surface area contributed by atoms with Gasteiger partial charge in [0.2, 0.25) is 0 Å². The summed E-state index contributed by atoms with van der Waals surface area (Å²) in [6.45, 7) is 0. The molecule has 5 N–H and O–H groups in total. The number of phenolic OH excluding ortho intramolecular Hbond substituents is 4. The first-order valence-electron chi connectivity index (χ1n) is 8.84. The van der Waals surface area contributed by atoms with E-state index in [-0.39, 0.29) is 39.9 Å². The molecule has 0 fully saturated rings. The quantitative estimate of drug-likeness (QED) is 0.216. The van der Waals surface area contributed by atoms with Crippen LogP contribution in [-0.4, -0.2) is 55.0 Å². The molecule has 2 aromatic heterocycles. The Morgan fingerprint density at radius 3 is 1.91 bits per heavy atom. The number of hydrogen-bond acceptors (Lipinski definition) is 12. The van der Waals surface area contributed by atoms with Crippen LogP contribution in [0.2, 0.25) is 0 Å². The average Bonchev–Trinajstić information content (AvgIpc) is 2.74. The molecule has 2 aromatic carbocycles. The van der Waals surface area contributed by atoms with Gasteiger partial charge in [-0.2, -0.15) is 8.42 Å². The zero-order valence-electron chi connectivity index (χ0n) is 16.3. The number of fused-ring (bicyclic) bond motifs is 1. The predicted octanol–water partition coefficient (Wildman–Crippen LogP) is 1.88. The lowest BCUT2D eigenvalue weighted by Crippen LogP contribution is -2.11. The molecule has 13 heteroatoms. The highest BCUT2D eigenvalue weighted by Crippen LogP contribution is 2.38. The highest BCUT2D eigenvalue weighted by atomic mass is 32.2. The summed E-state index contributed by atoms with van der Waals surface area (Å²) in [6.07, 6.45) is 1.96. The summed E-state index contributed by atoms with van der Waals surface area (Å²) < 4.78 is 27.3. The molecule has 0 atom stereocenters. The van der Waals surface area contributed by atoms with E-state index in [2.05, 4.69) is 29.7 Å². The molecular weight excluding hydrogens is 442 g/mol. The van der Waals surface area contributed by atoms with Gasteiger partial charge in [0.15, 0.2) is 40.0 Å². The van der Waals surface area contributed by atoms with E-state index in [0.29, 0.717) is 11.1 Å². The Morgan fingerprint density at radius 2 is 1.38 bits per heavy atom. The molecule has 0 unspecified atom stereocenters. The van der Waals surface area contributed by atoms with Crippen LogP contribution in [0.1, 0.15) is 0 Å². The third-order valence-electron chi connectivity index (χ3n) is 4.26. The topological polar surface area (TPSA) is 188 Å². The zero-order valence-corrected chi connectivity index (χ0v) is 17.1. The minimum atomic E-state index is -3.86. The van der Waals surface area contributed by atoms with Gasteiger partial charge in [-0.1, -0.05) is 0 Å². The van der Waals surface area contributed by atoms with Gasteiger partial charge < -0.3 is 20.4 Å². The lowest BCUT2D eigenvalue weighted by atomic mass is 10.0.